The van der Waals surface area contributed by atoms with Gasteiger partial charge in [0.2, 0.25) is 5.91 Å². The van der Waals surface area contributed by atoms with Gasteiger partial charge in [-0.15, -0.1) is 0 Å². The van der Waals surface area contributed by atoms with Crippen LogP contribution in [0, 0.1) is 6.92 Å². The van der Waals surface area contributed by atoms with E-state index in [2.05, 4.69) is 15.1 Å². The van der Waals surface area contributed by atoms with Crippen LogP contribution in [0.2, 0.25) is 0 Å². The minimum Gasteiger partial charge on any atom is -0.497 e. The maximum atomic E-state index is 13.1. The molecule has 0 N–H and O–H groups in total. The van der Waals surface area contributed by atoms with Crippen LogP contribution in [0.1, 0.15) is 35.7 Å². The van der Waals surface area contributed by atoms with Gasteiger partial charge in [0.1, 0.15) is 17.8 Å². The quantitative estimate of drug-likeness (QED) is 0.601. The second kappa shape index (κ2) is 9.16. The molecule has 4 rings (SSSR count). The molecule has 0 saturated carbocycles. The van der Waals surface area contributed by atoms with Gasteiger partial charge in [0.25, 0.3) is 0 Å². The molecule has 8 nitrogen and oxygen atoms in total. The summed E-state index contributed by atoms with van der Waals surface area (Å²) in [5, 5.41) is 3.98. The second-order valence-electron chi connectivity index (χ2n) is 7.69. The standard InChI is InChI=1S/C23H26N4O4/c1-15-9-21(31-26-15)19-12-24-14-25-23(19)16-5-4-8-27(13-16)22(28)11-17-10-18(29-2)6-7-20(17)30-3/h6-7,9-10,12,14,16H,4-5,8,11,13H2,1-3H3. The van der Waals surface area contributed by atoms with Gasteiger partial charge in [-0.2, -0.15) is 0 Å². The van der Waals surface area contributed by atoms with Crippen LogP contribution in [0.5, 0.6) is 11.5 Å². The Morgan fingerprint density at radius 3 is 2.87 bits per heavy atom. The Bertz CT molecular complexity index is 1070. The van der Waals surface area contributed by atoms with Gasteiger partial charge >= 0.3 is 0 Å². The summed E-state index contributed by atoms with van der Waals surface area (Å²) in [6.45, 7) is 3.20. The van der Waals surface area contributed by atoms with Crippen molar-refractivity contribution in [1.29, 1.82) is 0 Å². The summed E-state index contributed by atoms with van der Waals surface area (Å²) >= 11 is 0. The van der Waals surface area contributed by atoms with Crippen LogP contribution >= 0.6 is 0 Å². The van der Waals surface area contributed by atoms with Gasteiger partial charge in [0.05, 0.1) is 37.6 Å². The lowest BCUT2D eigenvalue weighted by Crippen LogP contribution is -2.40. The normalized spacial score (nSPS) is 16.2. The van der Waals surface area contributed by atoms with Crippen molar-refractivity contribution in [2.24, 2.45) is 0 Å². The molecule has 1 amide bonds. The lowest BCUT2D eigenvalue weighted by atomic mass is 9.91. The SMILES string of the molecule is COc1ccc(OC)c(CC(=O)N2CCCC(c3ncncc3-c3cc(C)no3)C2)c1. The molecule has 2 aromatic heterocycles. The largest absolute Gasteiger partial charge is 0.497 e. The molecule has 31 heavy (non-hydrogen) atoms. The van der Waals surface area contributed by atoms with Crippen molar-refractivity contribution in [2.45, 2.75) is 32.1 Å². The predicted molar refractivity (Wildman–Crippen MR) is 114 cm³/mol. The molecule has 162 valence electrons. The van der Waals surface area contributed by atoms with Crippen LogP contribution in [-0.2, 0) is 11.2 Å². The van der Waals surface area contributed by atoms with E-state index < -0.39 is 0 Å². The fraction of sp³-hybridized carbons (Fsp3) is 0.391. The molecule has 1 unspecified atom stereocenters. The third-order valence-electron chi connectivity index (χ3n) is 5.63. The number of carbonyl (C=O) groups excluding carboxylic acids is 1. The number of aryl methyl sites for hydroxylation is 1. The summed E-state index contributed by atoms with van der Waals surface area (Å²) < 4.78 is 16.2. The Balaban J connectivity index is 1.53. The molecule has 0 spiro atoms. The van der Waals surface area contributed by atoms with Crippen LogP contribution in [0.4, 0.5) is 0 Å². The van der Waals surface area contributed by atoms with Gasteiger partial charge in [0, 0.05) is 36.8 Å². The first-order valence-corrected chi connectivity index (χ1v) is 10.3. The van der Waals surface area contributed by atoms with E-state index in [1.807, 2.05) is 36.1 Å². The van der Waals surface area contributed by atoms with Crippen molar-refractivity contribution >= 4 is 5.91 Å². The van der Waals surface area contributed by atoms with Crippen molar-refractivity contribution in [3.63, 3.8) is 0 Å². The van der Waals surface area contributed by atoms with Crippen molar-refractivity contribution in [3.8, 4) is 22.8 Å². The molecule has 1 fully saturated rings. The summed E-state index contributed by atoms with van der Waals surface area (Å²) in [7, 11) is 3.21. The molecular weight excluding hydrogens is 396 g/mol. The summed E-state index contributed by atoms with van der Waals surface area (Å²) in [6.07, 6.45) is 5.41. The number of likely N-dealkylation sites (tertiary alicyclic amines) is 1. The minimum atomic E-state index is 0.0577. The first-order valence-electron chi connectivity index (χ1n) is 10.3. The van der Waals surface area contributed by atoms with E-state index >= 15 is 0 Å². The summed E-state index contributed by atoms with van der Waals surface area (Å²) in [5.74, 6) is 2.20. The van der Waals surface area contributed by atoms with Crippen LogP contribution in [0.15, 0.2) is 41.3 Å². The number of benzene rings is 1. The predicted octanol–water partition coefficient (Wildman–Crippen LogP) is 3.41. The van der Waals surface area contributed by atoms with Gasteiger partial charge in [-0.3, -0.25) is 4.79 Å². The van der Waals surface area contributed by atoms with Crippen molar-refractivity contribution in [3.05, 3.63) is 53.7 Å². The highest BCUT2D eigenvalue weighted by molar-refractivity contribution is 5.80. The molecule has 8 heteroatoms. The Kier molecular flexibility index (Phi) is 6.16. The van der Waals surface area contributed by atoms with Gasteiger partial charge < -0.3 is 18.9 Å². The number of aromatic nitrogens is 3. The highest BCUT2D eigenvalue weighted by atomic mass is 16.5. The number of methoxy groups -OCH3 is 2. The fourth-order valence-electron chi connectivity index (χ4n) is 4.07. The van der Waals surface area contributed by atoms with Crippen LogP contribution in [0.3, 0.4) is 0 Å². The maximum Gasteiger partial charge on any atom is 0.227 e. The van der Waals surface area contributed by atoms with Gasteiger partial charge in [-0.25, -0.2) is 9.97 Å². The average Bonchev–Trinajstić information content (AvgIpc) is 3.25. The molecule has 1 aliphatic rings. The van der Waals surface area contributed by atoms with E-state index in [0.717, 1.165) is 41.9 Å². The molecule has 0 aliphatic carbocycles. The van der Waals surface area contributed by atoms with E-state index in [4.69, 9.17) is 14.0 Å². The van der Waals surface area contributed by atoms with Gasteiger partial charge in [-0.05, 0) is 38.0 Å². The van der Waals surface area contributed by atoms with E-state index in [9.17, 15) is 4.79 Å². The molecular formula is C23H26N4O4. The number of ether oxygens (including phenoxy) is 2. The van der Waals surface area contributed by atoms with E-state index in [0.29, 0.717) is 23.8 Å². The van der Waals surface area contributed by atoms with Crippen LogP contribution < -0.4 is 9.47 Å². The first-order chi connectivity index (χ1) is 15.1. The number of rotatable bonds is 6. The van der Waals surface area contributed by atoms with Gasteiger partial charge in [-0.1, -0.05) is 5.16 Å². The fourth-order valence-corrected chi connectivity index (χ4v) is 4.07. The topological polar surface area (TPSA) is 90.6 Å². The number of hydrogen-bond donors (Lipinski definition) is 0. The molecule has 3 aromatic rings. The second-order valence-corrected chi connectivity index (χ2v) is 7.69. The monoisotopic (exact) mass is 422 g/mol. The van der Waals surface area contributed by atoms with Crippen LogP contribution in [-0.4, -0.2) is 53.2 Å². The van der Waals surface area contributed by atoms with E-state index in [1.54, 1.807) is 26.7 Å². The number of nitrogens with zero attached hydrogens (tertiary/aromatic N) is 4. The summed E-state index contributed by atoms with van der Waals surface area (Å²) in [6, 6.07) is 7.38. The minimum absolute atomic E-state index is 0.0577. The maximum absolute atomic E-state index is 13.1. The van der Waals surface area contributed by atoms with Crippen molar-refractivity contribution in [2.75, 3.05) is 27.3 Å². The molecule has 3 heterocycles. The lowest BCUT2D eigenvalue weighted by molar-refractivity contribution is -0.131. The summed E-state index contributed by atoms with van der Waals surface area (Å²) in [5.41, 5.74) is 3.34. The molecule has 0 bridgehead atoms. The molecule has 1 saturated heterocycles. The first kappa shape index (κ1) is 20.8. The summed E-state index contributed by atoms with van der Waals surface area (Å²) in [4.78, 5) is 23.8. The molecule has 1 aliphatic heterocycles. The smallest absolute Gasteiger partial charge is 0.227 e. The molecule has 1 aromatic carbocycles. The van der Waals surface area contributed by atoms with Gasteiger partial charge in [0.15, 0.2) is 5.76 Å². The zero-order valence-corrected chi connectivity index (χ0v) is 18.0. The number of amides is 1. The van der Waals surface area contributed by atoms with E-state index in [-0.39, 0.29) is 18.2 Å². The molecule has 0 radical (unpaired) electrons. The third-order valence-corrected chi connectivity index (χ3v) is 5.63. The highest BCUT2D eigenvalue weighted by Gasteiger charge is 2.29. The lowest BCUT2D eigenvalue weighted by Gasteiger charge is -2.33. The van der Waals surface area contributed by atoms with Crippen LogP contribution in [0.25, 0.3) is 11.3 Å². The Morgan fingerprint density at radius 1 is 1.26 bits per heavy atom. The third kappa shape index (κ3) is 4.52. The van der Waals surface area contributed by atoms with E-state index in [1.165, 1.54) is 0 Å². The Morgan fingerprint density at radius 2 is 2.13 bits per heavy atom. The van der Waals surface area contributed by atoms with Crippen molar-refractivity contribution in [1.82, 2.24) is 20.0 Å². The number of piperidine rings is 1. The zero-order valence-electron chi connectivity index (χ0n) is 18.0. The molecule has 1 atom stereocenters. The number of hydrogen-bond acceptors (Lipinski definition) is 7. The zero-order chi connectivity index (χ0) is 21.8. The Labute approximate surface area is 181 Å². The average molecular weight is 422 g/mol. The number of carbonyl (C=O) groups is 1. The Hall–Kier alpha value is -3.42. The van der Waals surface area contributed by atoms with Crippen molar-refractivity contribution < 1.29 is 18.8 Å². The highest BCUT2D eigenvalue weighted by Crippen LogP contribution is 2.33.